The highest BCUT2D eigenvalue weighted by Crippen LogP contribution is 2.31. The van der Waals surface area contributed by atoms with Gasteiger partial charge in [-0.2, -0.15) is 0 Å². The van der Waals surface area contributed by atoms with Gasteiger partial charge in [-0.25, -0.2) is 4.98 Å². The zero-order chi connectivity index (χ0) is 13.9. The van der Waals surface area contributed by atoms with Gasteiger partial charge in [0.15, 0.2) is 6.61 Å². The van der Waals surface area contributed by atoms with E-state index in [1.54, 1.807) is 42.6 Å². The van der Waals surface area contributed by atoms with E-state index < -0.39 is 0 Å². The number of nitrogens with one attached hydrogen (secondary N) is 2. The normalized spacial score (nSPS) is 12.9. The van der Waals surface area contributed by atoms with E-state index in [0.717, 1.165) is 0 Å². The van der Waals surface area contributed by atoms with Crippen LogP contribution in [0.25, 0.3) is 0 Å². The summed E-state index contributed by atoms with van der Waals surface area (Å²) in [5.74, 6) is 0.290. The second-order valence-corrected chi connectivity index (χ2v) is 4.18. The number of carbonyl (C=O) groups is 2. The average Bonchev–Trinajstić information content (AvgIpc) is 2.47. The largest absolute Gasteiger partial charge is 0.482 e. The van der Waals surface area contributed by atoms with E-state index in [1.165, 1.54) is 0 Å². The van der Waals surface area contributed by atoms with Gasteiger partial charge in [0, 0.05) is 6.20 Å². The summed E-state index contributed by atoms with van der Waals surface area (Å²) < 4.78 is 5.27. The maximum Gasteiger partial charge on any atom is 0.262 e. The Hall–Kier alpha value is -2.89. The highest BCUT2D eigenvalue weighted by Gasteiger charge is 2.22. The third-order valence-corrected chi connectivity index (χ3v) is 2.80. The lowest BCUT2D eigenvalue weighted by Crippen LogP contribution is -2.27. The number of aromatic nitrogens is 1. The number of carbonyl (C=O) groups excluding carboxylic acids is 2. The van der Waals surface area contributed by atoms with Crippen molar-refractivity contribution in [1.82, 2.24) is 4.98 Å². The number of nitrogens with zero attached hydrogens (tertiary/aromatic N) is 1. The molecule has 0 saturated carbocycles. The summed E-state index contributed by atoms with van der Waals surface area (Å²) in [7, 11) is 0. The molecule has 2 amide bonds. The van der Waals surface area contributed by atoms with Crippen LogP contribution in [0.15, 0.2) is 42.6 Å². The molecular formula is C14H11N3O3. The Labute approximate surface area is 114 Å². The van der Waals surface area contributed by atoms with E-state index >= 15 is 0 Å². The second-order valence-electron chi connectivity index (χ2n) is 4.18. The summed E-state index contributed by atoms with van der Waals surface area (Å²) in [5, 5.41) is 5.32. The van der Waals surface area contributed by atoms with Gasteiger partial charge in [-0.1, -0.05) is 12.1 Å². The number of hydrogen-bond acceptors (Lipinski definition) is 4. The SMILES string of the molecule is O=C1COc2cccc(C(=O)Nc3ccccn3)c2N1. The van der Waals surface area contributed by atoms with Crippen LogP contribution in [0, 0.1) is 0 Å². The molecule has 0 radical (unpaired) electrons. The molecule has 0 saturated heterocycles. The van der Waals surface area contributed by atoms with Crippen molar-refractivity contribution in [1.29, 1.82) is 0 Å². The second kappa shape index (κ2) is 5.00. The first-order valence-corrected chi connectivity index (χ1v) is 6.02. The molecule has 1 aromatic heterocycles. The number of amides is 2. The number of hydrogen-bond donors (Lipinski definition) is 2. The van der Waals surface area contributed by atoms with Crippen molar-refractivity contribution in [3.63, 3.8) is 0 Å². The molecule has 6 heteroatoms. The van der Waals surface area contributed by atoms with Crippen LogP contribution in [0.1, 0.15) is 10.4 Å². The molecule has 0 fully saturated rings. The van der Waals surface area contributed by atoms with E-state index in [-0.39, 0.29) is 18.4 Å². The van der Waals surface area contributed by atoms with Gasteiger partial charge in [0.1, 0.15) is 11.6 Å². The van der Waals surface area contributed by atoms with Gasteiger partial charge in [-0.15, -0.1) is 0 Å². The monoisotopic (exact) mass is 269 g/mol. The number of ether oxygens (including phenoxy) is 1. The van der Waals surface area contributed by atoms with E-state index in [2.05, 4.69) is 15.6 Å². The maximum absolute atomic E-state index is 12.2. The molecule has 0 atom stereocenters. The molecule has 3 rings (SSSR count). The topological polar surface area (TPSA) is 80.3 Å². The molecule has 1 aromatic carbocycles. The lowest BCUT2D eigenvalue weighted by molar-refractivity contribution is -0.118. The molecule has 1 aliphatic rings. The number of rotatable bonds is 2. The molecular weight excluding hydrogens is 258 g/mol. The Balaban J connectivity index is 1.91. The van der Waals surface area contributed by atoms with Crippen molar-refractivity contribution in [2.45, 2.75) is 0 Å². The molecule has 100 valence electrons. The molecule has 2 heterocycles. The van der Waals surface area contributed by atoms with Crippen LogP contribution in [0.3, 0.4) is 0 Å². The van der Waals surface area contributed by atoms with E-state index in [1.807, 2.05) is 0 Å². The van der Waals surface area contributed by atoms with E-state index in [0.29, 0.717) is 22.8 Å². The van der Waals surface area contributed by atoms with Crippen molar-refractivity contribution >= 4 is 23.3 Å². The standard InChI is InChI=1S/C14H11N3O3/c18-12-8-20-10-5-3-4-9(13(10)17-12)14(19)16-11-6-1-2-7-15-11/h1-7H,8H2,(H,17,18)(H,15,16,19). The highest BCUT2D eigenvalue weighted by molar-refractivity contribution is 6.11. The van der Waals surface area contributed by atoms with Crippen LogP contribution >= 0.6 is 0 Å². The smallest absolute Gasteiger partial charge is 0.262 e. The minimum Gasteiger partial charge on any atom is -0.482 e. The van der Waals surface area contributed by atoms with Gasteiger partial charge in [0.05, 0.1) is 11.3 Å². The summed E-state index contributed by atoms with van der Waals surface area (Å²) in [6.45, 7) is -0.0433. The van der Waals surface area contributed by atoms with Gasteiger partial charge in [-0.3, -0.25) is 9.59 Å². The van der Waals surface area contributed by atoms with Gasteiger partial charge < -0.3 is 15.4 Å². The van der Waals surface area contributed by atoms with Crippen molar-refractivity contribution in [2.24, 2.45) is 0 Å². The first-order valence-electron chi connectivity index (χ1n) is 6.02. The number of benzene rings is 1. The molecule has 20 heavy (non-hydrogen) atoms. The zero-order valence-electron chi connectivity index (χ0n) is 10.4. The fourth-order valence-electron chi connectivity index (χ4n) is 1.91. The maximum atomic E-state index is 12.2. The number of para-hydroxylation sites is 1. The molecule has 2 aromatic rings. The third-order valence-electron chi connectivity index (χ3n) is 2.80. The first kappa shape index (κ1) is 12.2. The fraction of sp³-hybridized carbons (Fsp3) is 0.0714. The van der Waals surface area contributed by atoms with Crippen molar-refractivity contribution < 1.29 is 14.3 Å². The summed E-state index contributed by atoms with van der Waals surface area (Å²) in [6, 6.07) is 10.2. The Morgan fingerprint density at radius 1 is 1.25 bits per heavy atom. The fourth-order valence-corrected chi connectivity index (χ4v) is 1.91. The minimum atomic E-state index is -0.355. The third kappa shape index (κ3) is 2.31. The van der Waals surface area contributed by atoms with Crippen LogP contribution in [-0.4, -0.2) is 23.4 Å². The van der Waals surface area contributed by atoms with Crippen molar-refractivity contribution in [3.05, 3.63) is 48.2 Å². The Morgan fingerprint density at radius 2 is 2.15 bits per heavy atom. The quantitative estimate of drug-likeness (QED) is 0.869. The first-order chi connectivity index (χ1) is 9.74. The lowest BCUT2D eigenvalue weighted by Gasteiger charge is -2.20. The average molecular weight is 269 g/mol. The number of pyridine rings is 1. The van der Waals surface area contributed by atoms with Crippen LogP contribution in [0.2, 0.25) is 0 Å². The predicted octanol–water partition coefficient (Wildman–Crippen LogP) is 1.66. The molecule has 0 aliphatic carbocycles. The summed E-state index contributed by atoms with van der Waals surface area (Å²) in [4.78, 5) is 27.6. The van der Waals surface area contributed by atoms with E-state index in [4.69, 9.17) is 4.74 Å². The molecule has 1 aliphatic heterocycles. The van der Waals surface area contributed by atoms with Gasteiger partial charge in [0.2, 0.25) is 0 Å². The van der Waals surface area contributed by atoms with Gasteiger partial charge in [0.25, 0.3) is 11.8 Å². The molecule has 0 spiro atoms. The minimum absolute atomic E-state index is 0.0433. The summed E-state index contributed by atoms with van der Waals surface area (Å²) in [6.07, 6.45) is 1.58. The lowest BCUT2D eigenvalue weighted by atomic mass is 10.1. The Kier molecular flexibility index (Phi) is 3.04. The molecule has 2 N–H and O–H groups in total. The molecule has 6 nitrogen and oxygen atoms in total. The van der Waals surface area contributed by atoms with Crippen LogP contribution in [0.5, 0.6) is 5.75 Å². The van der Waals surface area contributed by atoms with Crippen LogP contribution in [0.4, 0.5) is 11.5 Å². The summed E-state index contributed by atoms with van der Waals surface area (Å²) in [5.41, 5.74) is 0.721. The Bertz CT molecular complexity index is 671. The van der Waals surface area contributed by atoms with Gasteiger partial charge in [-0.05, 0) is 24.3 Å². The number of anilines is 2. The highest BCUT2D eigenvalue weighted by atomic mass is 16.5. The van der Waals surface area contributed by atoms with E-state index in [9.17, 15) is 9.59 Å². The zero-order valence-corrected chi connectivity index (χ0v) is 10.4. The van der Waals surface area contributed by atoms with Crippen LogP contribution in [-0.2, 0) is 4.79 Å². The number of fused-ring (bicyclic) bond motifs is 1. The molecule has 0 unspecified atom stereocenters. The Morgan fingerprint density at radius 3 is 2.95 bits per heavy atom. The molecule has 0 bridgehead atoms. The predicted molar refractivity (Wildman–Crippen MR) is 72.8 cm³/mol. The summed E-state index contributed by atoms with van der Waals surface area (Å²) >= 11 is 0. The van der Waals surface area contributed by atoms with Crippen molar-refractivity contribution in [3.8, 4) is 5.75 Å². The van der Waals surface area contributed by atoms with Crippen molar-refractivity contribution in [2.75, 3.05) is 17.2 Å². The van der Waals surface area contributed by atoms with Crippen LogP contribution < -0.4 is 15.4 Å². The van der Waals surface area contributed by atoms with Gasteiger partial charge >= 0.3 is 0 Å².